The molecule has 0 saturated carbocycles. The number of ketones is 1. The number of carboxylic acid groups (broad SMARTS) is 1. The summed E-state index contributed by atoms with van der Waals surface area (Å²) >= 11 is 0. The van der Waals surface area contributed by atoms with Crippen molar-refractivity contribution in [2.45, 2.75) is 51.4 Å². The minimum atomic E-state index is -1.07. The molecule has 0 spiro atoms. The van der Waals surface area contributed by atoms with Crippen molar-refractivity contribution in [1.29, 1.82) is 0 Å². The van der Waals surface area contributed by atoms with Crippen LogP contribution in [0.5, 0.6) is 5.75 Å². The molecule has 31 heavy (non-hydrogen) atoms. The molecule has 0 radical (unpaired) electrons. The van der Waals surface area contributed by atoms with Gasteiger partial charge in [0.1, 0.15) is 5.75 Å². The van der Waals surface area contributed by atoms with Crippen LogP contribution in [0.4, 0.5) is 0 Å². The molecule has 2 atom stereocenters. The van der Waals surface area contributed by atoms with Crippen LogP contribution >= 0.6 is 0 Å². The van der Waals surface area contributed by atoms with Crippen LogP contribution in [0.25, 0.3) is 0 Å². The Hall–Kier alpha value is -3.34. The number of dihydropyridines is 1. The minimum absolute atomic E-state index is 0.0453. The van der Waals surface area contributed by atoms with Gasteiger partial charge in [0.25, 0.3) is 0 Å². The summed E-state index contributed by atoms with van der Waals surface area (Å²) < 4.78 is 0. The molecule has 0 bridgehead atoms. The van der Waals surface area contributed by atoms with Crippen molar-refractivity contribution < 1.29 is 19.8 Å². The second-order valence-electron chi connectivity index (χ2n) is 8.74. The zero-order valence-electron chi connectivity index (χ0n) is 18.0. The van der Waals surface area contributed by atoms with Gasteiger partial charge in [-0.2, -0.15) is 0 Å². The van der Waals surface area contributed by atoms with Crippen LogP contribution in [0.3, 0.4) is 0 Å². The number of hydrogen-bond acceptors (Lipinski definition) is 4. The van der Waals surface area contributed by atoms with Crippen LogP contribution in [-0.2, 0) is 9.59 Å². The second kappa shape index (κ2) is 8.06. The van der Waals surface area contributed by atoms with Gasteiger partial charge in [0.15, 0.2) is 5.78 Å². The molecule has 0 fully saturated rings. The van der Waals surface area contributed by atoms with Crippen molar-refractivity contribution >= 4 is 11.8 Å². The Morgan fingerprint density at radius 3 is 2.39 bits per heavy atom. The lowest BCUT2D eigenvalue weighted by Crippen LogP contribution is -2.35. The maximum absolute atomic E-state index is 13.4. The number of allylic oxidation sites excluding steroid dienone is 3. The molecule has 2 aromatic carbocycles. The SMILES string of the molecule is CC1=C(C(=O)O)C(c2cccc(O)c2)C2=C(CC(c3ccc(C(C)C)cc3)CC2=O)N1. The first-order valence-corrected chi connectivity index (χ1v) is 10.6. The van der Waals surface area contributed by atoms with Gasteiger partial charge in [-0.25, -0.2) is 4.79 Å². The van der Waals surface area contributed by atoms with E-state index in [0.717, 1.165) is 11.3 Å². The third kappa shape index (κ3) is 3.88. The van der Waals surface area contributed by atoms with E-state index in [1.165, 1.54) is 11.6 Å². The van der Waals surface area contributed by atoms with Gasteiger partial charge in [0, 0.05) is 29.3 Å². The number of nitrogens with one attached hydrogen (secondary N) is 1. The molecule has 0 amide bonds. The zero-order chi connectivity index (χ0) is 22.3. The smallest absolute Gasteiger partial charge is 0.334 e. The molecule has 5 heteroatoms. The highest BCUT2D eigenvalue weighted by Gasteiger charge is 2.41. The molecule has 5 nitrogen and oxygen atoms in total. The number of phenolic OH excluding ortho intramolecular Hbond substituents is 1. The quantitative estimate of drug-likeness (QED) is 0.654. The van der Waals surface area contributed by atoms with Gasteiger partial charge in [-0.3, -0.25) is 4.79 Å². The number of aliphatic carboxylic acids is 1. The average Bonchev–Trinajstić information content (AvgIpc) is 2.72. The molecule has 0 aromatic heterocycles. The Balaban J connectivity index is 1.75. The van der Waals surface area contributed by atoms with Gasteiger partial charge in [-0.15, -0.1) is 0 Å². The van der Waals surface area contributed by atoms with E-state index >= 15 is 0 Å². The van der Waals surface area contributed by atoms with E-state index in [1.54, 1.807) is 25.1 Å². The van der Waals surface area contributed by atoms with E-state index in [-0.39, 0.29) is 23.0 Å². The molecule has 1 aliphatic heterocycles. The molecule has 2 aliphatic rings. The van der Waals surface area contributed by atoms with Gasteiger partial charge in [0.2, 0.25) is 0 Å². The van der Waals surface area contributed by atoms with Crippen molar-refractivity contribution in [2.24, 2.45) is 0 Å². The summed E-state index contributed by atoms with van der Waals surface area (Å²) in [7, 11) is 0. The first-order valence-electron chi connectivity index (χ1n) is 10.6. The predicted molar refractivity (Wildman–Crippen MR) is 119 cm³/mol. The number of phenols is 1. The standard InChI is InChI=1S/C26H27NO4/c1-14(2)16-7-9-17(10-8-16)19-12-21-25(22(29)13-19)24(18-5-4-6-20(28)11-18)23(26(30)31)15(3)27-21/h4-11,14,19,24,27-28H,12-13H2,1-3H3,(H,30,31). The monoisotopic (exact) mass is 417 g/mol. The topological polar surface area (TPSA) is 86.6 Å². The number of carboxylic acids is 1. The van der Waals surface area contributed by atoms with E-state index in [2.05, 4.69) is 43.4 Å². The van der Waals surface area contributed by atoms with Gasteiger partial charge in [0.05, 0.1) is 5.57 Å². The van der Waals surface area contributed by atoms with Gasteiger partial charge < -0.3 is 15.5 Å². The maximum Gasteiger partial charge on any atom is 0.334 e. The van der Waals surface area contributed by atoms with Gasteiger partial charge in [-0.05, 0) is 54.0 Å². The second-order valence-corrected chi connectivity index (χ2v) is 8.74. The Bertz CT molecular complexity index is 1110. The fraction of sp³-hybridized carbons (Fsp3) is 0.308. The number of aromatic hydroxyl groups is 1. The molecular formula is C26H27NO4. The highest BCUT2D eigenvalue weighted by atomic mass is 16.4. The van der Waals surface area contributed by atoms with Crippen LogP contribution in [0.15, 0.2) is 71.1 Å². The predicted octanol–water partition coefficient (Wildman–Crippen LogP) is 4.96. The summed E-state index contributed by atoms with van der Waals surface area (Å²) in [6.45, 7) is 6.03. The highest BCUT2D eigenvalue weighted by molar-refractivity contribution is 6.03. The maximum atomic E-state index is 13.4. The molecule has 3 N–H and O–H groups in total. The van der Waals surface area contributed by atoms with Crippen LogP contribution in [0, 0.1) is 0 Å². The molecule has 2 aromatic rings. The number of carbonyl (C=O) groups is 2. The van der Waals surface area contributed by atoms with Crippen LogP contribution < -0.4 is 5.32 Å². The fourth-order valence-corrected chi connectivity index (χ4v) is 4.75. The summed E-state index contributed by atoms with van der Waals surface area (Å²) in [6.07, 6.45) is 0.977. The van der Waals surface area contributed by atoms with Crippen LogP contribution in [0.1, 0.15) is 68.1 Å². The van der Waals surface area contributed by atoms with Crippen LogP contribution in [0.2, 0.25) is 0 Å². The van der Waals surface area contributed by atoms with E-state index in [0.29, 0.717) is 35.6 Å². The van der Waals surface area contributed by atoms with E-state index in [1.807, 2.05) is 0 Å². The average molecular weight is 418 g/mol. The summed E-state index contributed by atoms with van der Waals surface area (Å²) in [5.41, 5.74) is 4.95. The molecular weight excluding hydrogens is 390 g/mol. The Kier molecular flexibility index (Phi) is 5.44. The molecule has 1 aliphatic carbocycles. The Morgan fingerprint density at radius 2 is 1.77 bits per heavy atom. The normalized spacial score (nSPS) is 21.2. The lowest BCUT2D eigenvalue weighted by atomic mass is 9.71. The first-order chi connectivity index (χ1) is 14.8. The minimum Gasteiger partial charge on any atom is -0.508 e. The fourth-order valence-electron chi connectivity index (χ4n) is 4.75. The number of carbonyl (C=O) groups excluding carboxylic acids is 1. The molecule has 2 unspecified atom stereocenters. The summed E-state index contributed by atoms with van der Waals surface area (Å²) in [6, 6.07) is 14.9. The summed E-state index contributed by atoms with van der Waals surface area (Å²) in [5.74, 6) is -1.27. The number of benzene rings is 2. The van der Waals surface area contributed by atoms with E-state index in [9.17, 15) is 19.8 Å². The number of Topliss-reactive ketones (excluding diaryl/α,β-unsaturated/α-hetero) is 1. The van der Waals surface area contributed by atoms with Crippen molar-refractivity contribution in [1.82, 2.24) is 5.32 Å². The lowest BCUT2D eigenvalue weighted by Gasteiger charge is -2.36. The van der Waals surface area contributed by atoms with Crippen LogP contribution in [-0.4, -0.2) is 22.0 Å². The molecule has 160 valence electrons. The van der Waals surface area contributed by atoms with Gasteiger partial charge >= 0.3 is 5.97 Å². The zero-order valence-corrected chi connectivity index (χ0v) is 18.0. The van der Waals surface area contributed by atoms with Gasteiger partial charge in [-0.1, -0.05) is 50.2 Å². The van der Waals surface area contributed by atoms with Crippen molar-refractivity contribution in [2.75, 3.05) is 0 Å². The van der Waals surface area contributed by atoms with E-state index < -0.39 is 11.9 Å². The summed E-state index contributed by atoms with van der Waals surface area (Å²) in [5, 5.41) is 23.1. The Labute approximate surface area is 182 Å². The third-order valence-electron chi connectivity index (χ3n) is 6.34. The molecule has 0 saturated heterocycles. The number of rotatable bonds is 4. The van der Waals surface area contributed by atoms with Crippen molar-refractivity contribution in [3.05, 3.63) is 87.8 Å². The molecule has 1 heterocycles. The first kappa shape index (κ1) is 20.9. The Morgan fingerprint density at radius 1 is 1.06 bits per heavy atom. The third-order valence-corrected chi connectivity index (χ3v) is 6.34. The lowest BCUT2D eigenvalue weighted by molar-refractivity contribution is -0.133. The van der Waals surface area contributed by atoms with Crippen molar-refractivity contribution in [3.63, 3.8) is 0 Å². The molecule has 4 rings (SSSR count). The number of hydrogen-bond donors (Lipinski definition) is 3. The highest BCUT2D eigenvalue weighted by Crippen LogP contribution is 2.45. The van der Waals surface area contributed by atoms with Crippen molar-refractivity contribution in [3.8, 4) is 5.75 Å². The van der Waals surface area contributed by atoms with E-state index in [4.69, 9.17) is 0 Å². The largest absolute Gasteiger partial charge is 0.508 e. The summed E-state index contributed by atoms with van der Waals surface area (Å²) in [4.78, 5) is 25.4.